The van der Waals surface area contributed by atoms with Crippen LogP contribution in [0.3, 0.4) is 0 Å². The van der Waals surface area contributed by atoms with E-state index in [9.17, 15) is 24.9 Å². The van der Waals surface area contributed by atoms with Gasteiger partial charge in [-0.1, -0.05) is 60.7 Å². The number of carboxylic acid groups (broad SMARTS) is 1. The highest BCUT2D eigenvalue weighted by atomic mass is 19.0. The molecule has 54 heavy (non-hydrogen) atoms. The number of unbranched alkanes of at least 4 members (excludes halogenated alkanes) is 1. The van der Waals surface area contributed by atoms with Crippen LogP contribution < -0.4 is 26.2 Å². The summed E-state index contributed by atoms with van der Waals surface area (Å²) in [5.41, 5.74) is 11.7. The van der Waals surface area contributed by atoms with E-state index in [4.69, 9.17) is 10.5 Å². The standard InChI is InChI=1S/C42H48N4O6.2FH/c43-31-12-14-32(15-13-31)46(42(50)51)37-26-29(11-18-34(37)30-7-2-1-3-8-30)6-4-5-25-52-33-16-9-28(10-17-33)23-24-44-27-39(48)35-19-21-38(47)41-36(35)20-22-40(49)45-41;;/h1-3,7-11,16-22,26,31-32,39,44,47-48H,4-6,12-15,23-25,27,43H2,(H,45,49)(H,50,51);2*1H/t31?,32?,39-;;/m0../s1. The Kier molecular flexibility index (Phi) is 15.1. The maximum atomic E-state index is 12.7. The molecule has 12 heteroatoms. The molecular weight excluding hydrogens is 694 g/mol. The first-order valence-corrected chi connectivity index (χ1v) is 18.2. The predicted molar refractivity (Wildman–Crippen MR) is 210 cm³/mol. The number of aromatic hydroxyl groups is 1. The van der Waals surface area contributed by atoms with Crippen LogP contribution in [0.5, 0.6) is 11.5 Å². The molecule has 0 saturated heterocycles. The van der Waals surface area contributed by atoms with Gasteiger partial charge in [-0.15, -0.1) is 0 Å². The van der Waals surface area contributed by atoms with E-state index in [2.05, 4.69) is 28.5 Å². The van der Waals surface area contributed by atoms with Crippen molar-refractivity contribution in [2.75, 3.05) is 24.6 Å². The second-order valence-electron chi connectivity index (χ2n) is 13.6. The molecule has 7 N–H and O–H groups in total. The first kappa shape index (κ1) is 41.5. The van der Waals surface area contributed by atoms with Crippen molar-refractivity contribution in [3.63, 3.8) is 0 Å². The van der Waals surface area contributed by atoms with Gasteiger partial charge in [0.05, 0.1) is 23.9 Å². The number of H-pyrrole nitrogens is 1. The fraction of sp³-hybridized carbons (Fsp3) is 0.333. The lowest BCUT2D eigenvalue weighted by Crippen LogP contribution is -2.44. The first-order valence-electron chi connectivity index (χ1n) is 18.2. The van der Waals surface area contributed by atoms with Gasteiger partial charge in [-0.3, -0.25) is 19.1 Å². The quantitative estimate of drug-likeness (QED) is 0.0613. The van der Waals surface area contributed by atoms with Gasteiger partial charge in [0.15, 0.2) is 0 Å². The van der Waals surface area contributed by atoms with Crippen LogP contribution in [0.15, 0.2) is 102 Å². The zero-order valence-corrected chi connectivity index (χ0v) is 30.2. The van der Waals surface area contributed by atoms with Gasteiger partial charge >= 0.3 is 6.09 Å². The lowest BCUT2D eigenvalue weighted by atomic mass is 9.89. The van der Waals surface area contributed by atoms with E-state index in [0.717, 1.165) is 85.1 Å². The molecule has 288 valence electrons. The predicted octanol–water partition coefficient (Wildman–Crippen LogP) is 7.23. The minimum absolute atomic E-state index is 0. The lowest BCUT2D eigenvalue weighted by Gasteiger charge is -2.35. The number of aromatic amines is 1. The SMILES string of the molecule is F.F.NC1CCC(N(C(=O)O)c2cc(CCCCOc3ccc(CCNC[C@H](O)c4ccc(O)c5[nH]c(=O)ccc45)cc3)ccc2-c2ccccc2)CC1. The normalized spacial score (nSPS) is 15.8. The molecule has 0 radical (unpaired) electrons. The van der Waals surface area contributed by atoms with Crippen molar-refractivity contribution >= 4 is 22.7 Å². The average molecular weight is 745 g/mol. The number of nitrogens with two attached hydrogens (primary N) is 1. The average Bonchev–Trinajstić information content (AvgIpc) is 3.15. The fourth-order valence-electron chi connectivity index (χ4n) is 7.11. The summed E-state index contributed by atoms with van der Waals surface area (Å²) in [6.07, 6.45) is 4.80. The number of aliphatic hydroxyl groups excluding tert-OH is 1. The number of fused-ring (bicyclic) bond motifs is 1. The minimum Gasteiger partial charge on any atom is -0.506 e. The topological polar surface area (TPSA) is 161 Å². The van der Waals surface area contributed by atoms with Gasteiger partial charge in [-0.05, 0) is 110 Å². The molecule has 5 aromatic rings. The molecule has 1 saturated carbocycles. The Morgan fingerprint density at radius 1 is 0.889 bits per heavy atom. The number of benzene rings is 4. The highest BCUT2D eigenvalue weighted by Gasteiger charge is 2.30. The van der Waals surface area contributed by atoms with Crippen LogP contribution >= 0.6 is 0 Å². The number of nitrogens with one attached hydrogen (secondary N) is 2. The van der Waals surface area contributed by atoms with Crippen LogP contribution in [0.4, 0.5) is 19.9 Å². The molecule has 10 nitrogen and oxygen atoms in total. The van der Waals surface area contributed by atoms with E-state index in [1.54, 1.807) is 17.0 Å². The fourth-order valence-corrected chi connectivity index (χ4v) is 7.11. The summed E-state index contributed by atoms with van der Waals surface area (Å²) < 4.78 is 6.03. The zero-order valence-electron chi connectivity index (χ0n) is 30.2. The molecule has 0 spiro atoms. The summed E-state index contributed by atoms with van der Waals surface area (Å²) in [7, 11) is 0. The number of aryl methyl sites for hydroxylation is 1. The number of ether oxygens (including phenoxy) is 1. The second-order valence-corrected chi connectivity index (χ2v) is 13.6. The molecule has 0 unspecified atom stereocenters. The van der Waals surface area contributed by atoms with Gasteiger partial charge in [-0.2, -0.15) is 0 Å². The minimum atomic E-state index is -0.927. The van der Waals surface area contributed by atoms with Crippen molar-refractivity contribution in [3.05, 3.63) is 124 Å². The number of hydrogen-bond acceptors (Lipinski definition) is 7. The second kappa shape index (κ2) is 19.7. The Bertz CT molecular complexity index is 2000. The largest absolute Gasteiger partial charge is 0.506 e. The molecule has 0 aliphatic heterocycles. The van der Waals surface area contributed by atoms with Crippen molar-refractivity contribution in [3.8, 4) is 22.6 Å². The van der Waals surface area contributed by atoms with E-state index in [-0.39, 0.29) is 32.8 Å². The molecule has 1 amide bonds. The molecule has 6 rings (SSSR count). The van der Waals surface area contributed by atoms with Gasteiger partial charge in [0.2, 0.25) is 5.56 Å². The lowest BCUT2D eigenvalue weighted by molar-refractivity contribution is 0.176. The molecule has 1 aliphatic rings. The molecular formula is C42H50F2N4O6. The van der Waals surface area contributed by atoms with Gasteiger partial charge in [0.25, 0.3) is 0 Å². The van der Waals surface area contributed by atoms with E-state index in [0.29, 0.717) is 36.2 Å². The number of aliphatic hydroxyl groups is 1. The molecule has 1 atom stereocenters. The summed E-state index contributed by atoms with van der Waals surface area (Å²) in [5.74, 6) is 0.776. The maximum Gasteiger partial charge on any atom is 0.412 e. The number of carbonyl (C=O) groups is 1. The summed E-state index contributed by atoms with van der Waals surface area (Å²) in [4.78, 5) is 28.6. The summed E-state index contributed by atoms with van der Waals surface area (Å²) in [6.45, 7) is 1.57. The van der Waals surface area contributed by atoms with Crippen LogP contribution in [-0.2, 0) is 12.8 Å². The van der Waals surface area contributed by atoms with E-state index in [1.807, 2.05) is 54.6 Å². The van der Waals surface area contributed by atoms with Gasteiger partial charge in [0.1, 0.15) is 11.5 Å². The zero-order chi connectivity index (χ0) is 36.5. The Balaban J connectivity index is 0.00000325. The van der Waals surface area contributed by atoms with E-state index >= 15 is 0 Å². The number of halogens is 2. The van der Waals surface area contributed by atoms with Crippen LogP contribution in [-0.4, -0.2) is 58.2 Å². The summed E-state index contributed by atoms with van der Waals surface area (Å²) in [5, 5.41) is 35.2. The molecule has 1 fully saturated rings. The highest BCUT2D eigenvalue weighted by Crippen LogP contribution is 2.36. The van der Waals surface area contributed by atoms with Crippen LogP contribution in [0.2, 0.25) is 0 Å². The highest BCUT2D eigenvalue weighted by molar-refractivity contribution is 5.94. The third kappa shape index (κ3) is 10.4. The number of amides is 1. The summed E-state index contributed by atoms with van der Waals surface area (Å²) in [6, 6.07) is 30.4. The van der Waals surface area contributed by atoms with Crippen molar-refractivity contribution in [2.45, 2.75) is 69.6 Å². The monoisotopic (exact) mass is 744 g/mol. The number of pyridine rings is 1. The molecule has 1 aliphatic carbocycles. The molecule has 4 aromatic carbocycles. The van der Waals surface area contributed by atoms with Crippen LogP contribution in [0.25, 0.3) is 22.0 Å². The number of phenolic OH excluding ortho intramolecular Hbond substituents is 1. The summed E-state index contributed by atoms with van der Waals surface area (Å²) >= 11 is 0. The molecule has 0 bridgehead atoms. The number of anilines is 1. The molecule has 1 aromatic heterocycles. The maximum absolute atomic E-state index is 12.7. The van der Waals surface area contributed by atoms with Crippen LogP contribution in [0.1, 0.15) is 61.3 Å². The van der Waals surface area contributed by atoms with E-state index < -0.39 is 12.2 Å². The van der Waals surface area contributed by atoms with Crippen molar-refractivity contribution in [1.82, 2.24) is 10.3 Å². The van der Waals surface area contributed by atoms with Gasteiger partial charge in [0, 0.05) is 35.6 Å². The smallest absolute Gasteiger partial charge is 0.412 e. The van der Waals surface area contributed by atoms with E-state index in [1.165, 1.54) is 12.1 Å². The Hall–Kier alpha value is -5.30. The third-order valence-corrected chi connectivity index (χ3v) is 9.96. The first-order chi connectivity index (χ1) is 25.3. The number of aromatic nitrogens is 1. The Morgan fingerprint density at radius 2 is 1.61 bits per heavy atom. The Morgan fingerprint density at radius 3 is 2.33 bits per heavy atom. The molecule has 1 heterocycles. The number of phenols is 1. The van der Waals surface area contributed by atoms with Crippen molar-refractivity contribution in [2.24, 2.45) is 5.73 Å². The number of nitrogens with zero attached hydrogens (tertiary/aromatic N) is 1. The number of rotatable bonds is 15. The van der Waals surface area contributed by atoms with Crippen molar-refractivity contribution in [1.29, 1.82) is 0 Å². The van der Waals surface area contributed by atoms with Crippen LogP contribution in [0, 0.1) is 0 Å². The van der Waals surface area contributed by atoms with Gasteiger partial charge in [-0.25, -0.2) is 4.79 Å². The van der Waals surface area contributed by atoms with Crippen molar-refractivity contribution < 1.29 is 34.3 Å². The number of hydrogen-bond donors (Lipinski definition) is 6. The Labute approximate surface area is 313 Å². The third-order valence-electron chi connectivity index (χ3n) is 9.96. The van der Waals surface area contributed by atoms with Gasteiger partial charge < -0.3 is 36.1 Å².